The lowest BCUT2D eigenvalue weighted by atomic mass is 10.1. The molecule has 0 aromatic heterocycles. The van der Waals surface area contributed by atoms with E-state index in [9.17, 15) is 13.2 Å². The highest BCUT2D eigenvalue weighted by molar-refractivity contribution is 5.67. The number of benzene rings is 1. The highest BCUT2D eigenvalue weighted by Crippen LogP contribution is 2.33. The predicted molar refractivity (Wildman–Crippen MR) is 63.8 cm³/mol. The maximum atomic E-state index is 12.4. The molecule has 2 nitrogen and oxygen atoms in total. The van der Waals surface area contributed by atoms with Crippen LogP contribution in [0.15, 0.2) is 18.2 Å². The van der Waals surface area contributed by atoms with Crippen molar-refractivity contribution in [3.05, 3.63) is 23.8 Å². The van der Waals surface area contributed by atoms with E-state index in [0.29, 0.717) is 11.6 Å². The van der Waals surface area contributed by atoms with Crippen LogP contribution in [0.4, 0.5) is 24.5 Å². The molecule has 0 saturated heterocycles. The zero-order valence-electron chi connectivity index (χ0n) is 10.1. The molecule has 0 aliphatic carbocycles. The summed E-state index contributed by atoms with van der Waals surface area (Å²) in [6, 6.07) is 3.51. The normalized spacial score (nSPS) is 13.8. The van der Waals surface area contributed by atoms with Crippen molar-refractivity contribution in [3.63, 3.8) is 0 Å². The third-order valence-electron chi connectivity index (χ3n) is 2.76. The third-order valence-corrected chi connectivity index (χ3v) is 2.76. The van der Waals surface area contributed by atoms with Crippen molar-refractivity contribution in [1.29, 1.82) is 0 Å². The Labute approximate surface area is 99.0 Å². The molecule has 0 saturated carbocycles. The van der Waals surface area contributed by atoms with Gasteiger partial charge >= 0.3 is 6.18 Å². The standard InChI is InChI=1S/C12H17F3N2/c1-7(2)8(3)17-11-5-4-9(6-10(11)16)12(13,14)15/h4-8,17H,16H2,1-3H3. The van der Waals surface area contributed by atoms with Gasteiger partial charge in [0.15, 0.2) is 0 Å². The van der Waals surface area contributed by atoms with Gasteiger partial charge in [-0.1, -0.05) is 13.8 Å². The van der Waals surface area contributed by atoms with Crippen LogP contribution in [0.25, 0.3) is 0 Å². The summed E-state index contributed by atoms with van der Waals surface area (Å²) in [6.07, 6.45) is -4.35. The van der Waals surface area contributed by atoms with Crippen LogP contribution in [-0.2, 0) is 6.18 Å². The minimum Gasteiger partial charge on any atom is -0.397 e. The van der Waals surface area contributed by atoms with Crippen molar-refractivity contribution < 1.29 is 13.2 Å². The Morgan fingerprint density at radius 1 is 1.18 bits per heavy atom. The zero-order chi connectivity index (χ0) is 13.2. The lowest BCUT2D eigenvalue weighted by Crippen LogP contribution is -2.22. The third kappa shape index (κ3) is 3.54. The molecule has 1 aromatic carbocycles. The number of nitrogens with two attached hydrogens (primary N) is 1. The first kappa shape index (κ1) is 13.7. The molecule has 1 atom stereocenters. The minimum atomic E-state index is -4.35. The van der Waals surface area contributed by atoms with Crippen LogP contribution in [-0.4, -0.2) is 6.04 Å². The Balaban J connectivity index is 2.91. The van der Waals surface area contributed by atoms with Crippen molar-refractivity contribution in [1.82, 2.24) is 0 Å². The largest absolute Gasteiger partial charge is 0.416 e. The van der Waals surface area contributed by atoms with Gasteiger partial charge in [-0.25, -0.2) is 0 Å². The monoisotopic (exact) mass is 246 g/mol. The van der Waals surface area contributed by atoms with Gasteiger partial charge in [0.05, 0.1) is 16.9 Å². The van der Waals surface area contributed by atoms with Crippen molar-refractivity contribution >= 4 is 11.4 Å². The average molecular weight is 246 g/mol. The Hall–Kier alpha value is -1.39. The van der Waals surface area contributed by atoms with E-state index in [0.717, 1.165) is 12.1 Å². The van der Waals surface area contributed by atoms with E-state index in [1.54, 1.807) is 0 Å². The maximum Gasteiger partial charge on any atom is 0.416 e. The second kappa shape index (κ2) is 4.85. The van der Waals surface area contributed by atoms with Crippen LogP contribution in [0.5, 0.6) is 0 Å². The molecule has 5 heteroatoms. The van der Waals surface area contributed by atoms with Gasteiger partial charge in [0.25, 0.3) is 0 Å². The van der Waals surface area contributed by atoms with Crippen LogP contribution in [0.2, 0.25) is 0 Å². The summed E-state index contributed by atoms with van der Waals surface area (Å²) in [7, 11) is 0. The highest BCUT2D eigenvalue weighted by atomic mass is 19.4. The van der Waals surface area contributed by atoms with Crippen molar-refractivity contribution in [2.45, 2.75) is 33.0 Å². The summed E-state index contributed by atoms with van der Waals surface area (Å²) < 4.78 is 37.2. The topological polar surface area (TPSA) is 38.0 Å². The van der Waals surface area contributed by atoms with E-state index in [1.165, 1.54) is 6.07 Å². The molecule has 0 aliphatic rings. The smallest absolute Gasteiger partial charge is 0.397 e. The van der Waals surface area contributed by atoms with E-state index < -0.39 is 11.7 Å². The summed E-state index contributed by atoms with van der Waals surface area (Å²) in [6.45, 7) is 6.01. The van der Waals surface area contributed by atoms with Crippen LogP contribution in [0, 0.1) is 5.92 Å². The molecule has 0 spiro atoms. The number of alkyl halides is 3. The van der Waals surface area contributed by atoms with Crippen LogP contribution >= 0.6 is 0 Å². The van der Waals surface area contributed by atoms with E-state index in [1.807, 2.05) is 20.8 Å². The SMILES string of the molecule is CC(C)C(C)Nc1ccc(C(F)(F)F)cc1N. The fourth-order valence-electron chi connectivity index (χ4n) is 1.28. The Morgan fingerprint density at radius 3 is 2.18 bits per heavy atom. The van der Waals surface area contributed by atoms with Crippen LogP contribution in [0.1, 0.15) is 26.3 Å². The maximum absolute atomic E-state index is 12.4. The van der Waals surface area contributed by atoms with E-state index in [4.69, 9.17) is 5.73 Å². The van der Waals surface area contributed by atoms with Crippen LogP contribution < -0.4 is 11.1 Å². The molecule has 96 valence electrons. The fourth-order valence-corrected chi connectivity index (χ4v) is 1.28. The first-order chi connectivity index (χ1) is 7.71. The second-order valence-corrected chi connectivity index (χ2v) is 4.48. The van der Waals surface area contributed by atoms with E-state index >= 15 is 0 Å². The van der Waals surface area contributed by atoms with Gasteiger partial charge in [0, 0.05) is 6.04 Å². The van der Waals surface area contributed by atoms with E-state index in [2.05, 4.69) is 5.32 Å². The summed E-state index contributed by atoms with van der Waals surface area (Å²) in [5.41, 5.74) is 5.54. The zero-order valence-corrected chi connectivity index (χ0v) is 10.1. The number of anilines is 2. The lowest BCUT2D eigenvalue weighted by Gasteiger charge is -2.20. The molecule has 0 bridgehead atoms. The second-order valence-electron chi connectivity index (χ2n) is 4.48. The molecule has 1 rings (SSSR count). The number of hydrogen-bond donors (Lipinski definition) is 2. The van der Waals surface area contributed by atoms with Crippen LogP contribution in [0.3, 0.4) is 0 Å². The fraction of sp³-hybridized carbons (Fsp3) is 0.500. The first-order valence-electron chi connectivity index (χ1n) is 5.45. The summed E-state index contributed by atoms with van der Waals surface area (Å²) in [5.74, 6) is 0.372. The molecule has 0 amide bonds. The van der Waals surface area contributed by atoms with Gasteiger partial charge in [-0.2, -0.15) is 13.2 Å². The summed E-state index contributed by atoms with van der Waals surface area (Å²) >= 11 is 0. The Kier molecular flexibility index (Phi) is 3.91. The van der Waals surface area contributed by atoms with Crippen molar-refractivity contribution in [2.75, 3.05) is 11.1 Å². The molecule has 17 heavy (non-hydrogen) atoms. The molecule has 0 radical (unpaired) electrons. The van der Waals surface area contributed by atoms with Gasteiger partial charge in [0.1, 0.15) is 0 Å². The van der Waals surface area contributed by atoms with Gasteiger partial charge in [-0.15, -0.1) is 0 Å². The molecule has 0 fully saturated rings. The van der Waals surface area contributed by atoms with Crippen molar-refractivity contribution in [2.24, 2.45) is 5.92 Å². The van der Waals surface area contributed by atoms with Gasteiger partial charge in [-0.3, -0.25) is 0 Å². The molecule has 1 unspecified atom stereocenters. The highest BCUT2D eigenvalue weighted by Gasteiger charge is 2.30. The van der Waals surface area contributed by atoms with Crippen molar-refractivity contribution in [3.8, 4) is 0 Å². The quantitative estimate of drug-likeness (QED) is 0.797. The number of halogens is 3. The number of hydrogen-bond acceptors (Lipinski definition) is 2. The predicted octanol–water partition coefficient (Wildman–Crippen LogP) is 3.74. The van der Waals surface area contributed by atoms with Gasteiger partial charge < -0.3 is 11.1 Å². The number of rotatable bonds is 3. The Bertz CT molecular complexity index is 386. The number of nitrogen functional groups attached to an aromatic ring is 1. The minimum absolute atomic E-state index is 0.118. The first-order valence-corrected chi connectivity index (χ1v) is 5.45. The summed E-state index contributed by atoms with van der Waals surface area (Å²) in [5, 5.41) is 3.10. The lowest BCUT2D eigenvalue weighted by molar-refractivity contribution is -0.137. The van der Waals surface area contributed by atoms with E-state index in [-0.39, 0.29) is 11.7 Å². The molecule has 0 aliphatic heterocycles. The summed E-state index contributed by atoms with van der Waals surface area (Å²) in [4.78, 5) is 0. The molecular weight excluding hydrogens is 229 g/mol. The molecule has 0 heterocycles. The molecule has 1 aromatic rings. The number of nitrogens with one attached hydrogen (secondary N) is 1. The molecular formula is C12H17F3N2. The average Bonchev–Trinajstić information content (AvgIpc) is 2.19. The van der Waals surface area contributed by atoms with Gasteiger partial charge in [0.2, 0.25) is 0 Å². The Morgan fingerprint density at radius 2 is 1.76 bits per heavy atom. The van der Waals surface area contributed by atoms with Gasteiger partial charge in [-0.05, 0) is 31.0 Å². The molecule has 3 N–H and O–H groups in total.